The Balaban J connectivity index is 1.66. The van der Waals surface area contributed by atoms with Crippen LogP contribution in [-0.2, 0) is 20.8 Å². The number of nitrogens with one attached hydrogen (secondary N) is 3. The molecule has 5 rings (SSSR count). The quantitative estimate of drug-likeness (QED) is 0.239. The summed E-state index contributed by atoms with van der Waals surface area (Å²) in [7, 11) is 0. The largest absolute Gasteiger partial charge is 0.388 e. The molecule has 1 aromatic heterocycles. The van der Waals surface area contributed by atoms with Crippen molar-refractivity contribution in [2.45, 2.75) is 84.3 Å². The van der Waals surface area contributed by atoms with Crippen molar-refractivity contribution in [1.82, 2.24) is 15.6 Å². The molecule has 9 heteroatoms. The molecule has 2 amide bonds. The molecule has 9 nitrogen and oxygen atoms in total. The van der Waals surface area contributed by atoms with E-state index in [1.807, 2.05) is 63.4 Å². The first kappa shape index (κ1) is 30.9. The van der Waals surface area contributed by atoms with Crippen LogP contribution in [-0.4, -0.2) is 68.3 Å². The molecule has 0 bridgehead atoms. The van der Waals surface area contributed by atoms with Gasteiger partial charge in [-0.25, -0.2) is 0 Å². The van der Waals surface area contributed by atoms with Gasteiger partial charge in [0.25, 0.3) is 0 Å². The second-order valence-corrected chi connectivity index (χ2v) is 12.7. The Kier molecular flexibility index (Phi) is 8.53. The molecule has 1 spiro atoms. The van der Waals surface area contributed by atoms with E-state index in [-0.39, 0.29) is 5.92 Å². The van der Waals surface area contributed by atoms with Gasteiger partial charge in [0, 0.05) is 48.3 Å². The van der Waals surface area contributed by atoms with Gasteiger partial charge in [0.1, 0.15) is 17.6 Å². The van der Waals surface area contributed by atoms with Gasteiger partial charge in [-0.15, -0.1) is 0 Å². The summed E-state index contributed by atoms with van der Waals surface area (Å²) in [5, 5.41) is 40.8. The number of aliphatic hydroxyl groups excluding tert-OH is 3. The number of H-pyrrole nitrogens is 1. The Bertz CT molecular complexity index is 1520. The molecule has 0 saturated carbocycles. The Morgan fingerprint density at radius 2 is 1.79 bits per heavy atom. The fourth-order valence-electron chi connectivity index (χ4n) is 7.71. The molecule has 9 unspecified atom stereocenters. The average molecular weight is 590 g/mol. The minimum absolute atomic E-state index is 0.0355. The number of hydrogen-bond donors (Lipinski definition) is 6. The molecule has 230 valence electrons. The van der Waals surface area contributed by atoms with Crippen LogP contribution in [0.15, 0.2) is 65.4 Å². The molecule has 3 aliphatic rings. The van der Waals surface area contributed by atoms with Gasteiger partial charge in [-0.1, -0.05) is 48.9 Å². The summed E-state index contributed by atoms with van der Waals surface area (Å²) in [6, 6.07) is 6.32. The predicted molar refractivity (Wildman–Crippen MR) is 164 cm³/mol. The van der Waals surface area contributed by atoms with Crippen molar-refractivity contribution in [1.29, 1.82) is 0 Å². The maximum atomic E-state index is 14.7. The van der Waals surface area contributed by atoms with Crippen LogP contribution in [0.3, 0.4) is 0 Å². The number of carbonyl (C=O) groups is 3. The fraction of sp³-hybridized carbons (Fsp3) is 0.500. The lowest BCUT2D eigenvalue weighted by Gasteiger charge is -2.46. The van der Waals surface area contributed by atoms with Crippen molar-refractivity contribution in [3.8, 4) is 0 Å². The topological polar surface area (TPSA) is 152 Å². The molecular formula is C34H43N3O6. The van der Waals surface area contributed by atoms with E-state index in [1.165, 1.54) is 6.92 Å². The van der Waals surface area contributed by atoms with Crippen LogP contribution in [0, 0.1) is 23.2 Å². The van der Waals surface area contributed by atoms with Crippen molar-refractivity contribution in [3.05, 3.63) is 71.0 Å². The molecule has 6 N–H and O–H groups in total. The van der Waals surface area contributed by atoms with Crippen molar-refractivity contribution in [3.63, 3.8) is 0 Å². The van der Waals surface area contributed by atoms with E-state index in [4.69, 9.17) is 0 Å². The first-order valence-corrected chi connectivity index (χ1v) is 15.1. The van der Waals surface area contributed by atoms with Crippen LogP contribution >= 0.6 is 0 Å². The van der Waals surface area contributed by atoms with Crippen LogP contribution in [0.2, 0.25) is 0 Å². The summed E-state index contributed by atoms with van der Waals surface area (Å²) in [5.41, 5.74) is 2.32. The van der Waals surface area contributed by atoms with Crippen molar-refractivity contribution < 1.29 is 29.7 Å². The highest BCUT2D eigenvalue weighted by Crippen LogP contribution is 2.55. The summed E-state index contributed by atoms with van der Waals surface area (Å²) < 4.78 is 0. The summed E-state index contributed by atoms with van der Waals surface area (Å²) in [6.45, 7) is 8.68. The number of benzene rings is 1. The number of carbonyl (C=O) groups excluding carboxylic acids is 3. The molecule has 1 fully saturated rings. The zero-order valence-electron chi connectivity index (χ0n) is 25.4. The van der Waals surface area contributed by atoms with Crippen molar-refractivity contribution in [2.75, 3.05) is 0 Å². The molecule has 1 aromatic carbocycles. The lowest BCUT2D eigenvalue weighted by Crippen LogP contribution is -2.58. The third-order valence-electron chi connectivity index (χ3n) is 9.95. The number of amides is 2. The summed E-state index contributed by atoms with van der Waals surface area (Å²) in [4.78, 5) is 44.6. The van der Waals surface area contributed by atoms with E-state index in [1.54, 1.807) is 13.0 Å². The van der Waals surface area contributed by atoms with E-state index in [2.05, 4.69) is 15.6 Å². The summed E-state index contributed by atoms with van der Waals surface area (Å²) >= 11 is 0. The fourth-order valence-corrected chi connectivity index (χ4v) is 7.71. The number of para-hydroxylation sites is 1. The minimum Gasteiger partial charge on any atom is -0.388 e. The highest BCUT2D eigenvalue weighted by molar-refractivity contribution is 6.10. The second-order valence-electron chi connectivity index (χ2n) is 12.7. The normalized spacial score (nSPS) is 35.3. The number of ketones is 1. The maximum Gasteiger partial charge on any atom is 0.235 e. The number of Topliss-reactive ketones (excluding diaryl/α,β-unsaturated/α-hetero) is 1. The molecule has 9 atom stereocenters. The van der Waals surface area contributed by atoms with Crippen LogP contribution in [0.25, 0.3) is 10.9 Å². The number of allylic oxidation sites excluding steroid dienone is 2. The maximum absolute atomic E-state index is 14.7. The zero-order chi connectivity index (χ0) is 31.2. The minimum atomic E-state index is -1.68. The Morgan fingerprint density at radius 1 is 1.07 bits per heavy atom. The first-order valence-electron chi connectivity index (χ1n) is 15.1. The standard InChI is InChI=1S/C34H43N3O6/c1-17-9-8-11-24-31(41)20(4)19(3)29-26(14-22-16-35-25-12-7-6-10-23(22)25)37-33(43)34(24,29)28(39)15-27(36-21(5)38)32(42)30(40)18(2)13-17/h6-8,10-13,16-17,24,26-27,29-32,35,40-42H,9,14-15H2,1-5H3,(H,36,38)(H,37,43). The molecule has 43 heavy (non-hydrogen) atoms. The van der Waals surface area contributed by atoms with Gasteiger partial charge in [0.05, 0.1) is 12.1 Å². The van der Waals surface area contributed by atoms with Crippen LogP contribution in [0.4, 0.5) is 0 Å². The zero-order valence-corrected chi connectivity index (χ0v) is 25.4. The Morgan fingerprint density at radius 3 is 2.51 bits per heavy atom. The van der Waals surface area contributed by atoms with Crippen LogP contribution in [0.1, 0.15) is 53.0 Å². The number of hydrogen-bond acceptors (Lipinski definition) is 6. The van der Waals surface area contributed by atoms with E-state index >= 15 is 0 Å². The van der Waals surface area contributed by atoms with Gasteiger partial charge in [-0.3, -0.25) is 14.4 Å². The van der Waals surface area contributed by atoms with Gasteiger partial charge in [-0.05, 0) is 62.3 Å². The predicted octanol–water partition coefficient (Wildman–Crippen LogP) is 2.87. The van der Waals surface area contributed by atoms with Gasteiger partial charge in [-0.2, -0.15) is 0 Å². The summed E-state index contributed by atoms with van der Waals surface area (Å²) in [5.74, 6) is -2.91. The van der Waals surface area contributed by atoms with Gasteiger partial charge in [0.2, 0.25) is 11.8 Å². The van der Waals surface area contributed by atoms with Crippen molar-refractivity contribution >= 4 is 28.5 Å². The second kappa shape index (κ2) is 11.9. The van der Waals surface area contributed by atoms with Gasteiger partial charge >= 0.3 is 0 Å². The monoisotopic (exact) mass is 589 g/mol. The van der Waals surface area contributed by atoms with Crippen LogP contribution in [0.5, 0.6) is 0 Å². The first-order chi connectivity index (χ1) is 20.4. The number of rotatable bonds is 3. The number of fused-ring (bicyclic) bond motifs is 1. The Hall–Kier alpha value is -3.53. The molecule has 2 aliphatic carbocycles. The molecule has 2 heterocycles. The smallest absolute Gasteiger partial charge is 0.235 e. The van der Waals surface area contributed by atoms with E-state index in [0.29, 0.717) is 18.4 Å². The molecule has 2 aromatic rings. The third-order valence-corrected chi connectivity index (χ3v) is 9.95. The lowest BCUT2D eigenvalue weighted by molar-refractivity contribution is -0.148. The van der Waals surface area contributed by atoms with E-state index in [9.17, 15) is 29.7 Å². The molecule has 1 aliphatic heterocycles. The lowest BCUT2D eigenvalue weighted by atomic mass is 9.54. The highest BCUT2D eigenvalue weighted by Gasteiger charge is 2.67. The summed E-state index contributed by atoms with van der Waals surface area (Å²) in [6.07, 6.45) is 4.19. The average Bonchev–Trinajstić information content (AvgIpc) is 3.50. The van der Waals surface area contributed by atoms with Gasteiger partial charge in [0.15, 0.2) is 5.78 Å². The number of aromatic amines is 1. The number of aliphatic hydroxyl groups is 3. The van der Waals surface area contributed by atoms with Gasteiger partial charge < -0.3 is 30.9 Å². The molecular weight excluding hydrogens is 546 g/mol. The third kappa shape index (κ3) is 5.28. The van der Waals surface area contributed by atoms with E-state index in [0.717, 1.165) is 27.6 Å². The highest BCUT2D eigenvalue weighted by atomic mass is 16.3. The van der Waals surface area contributed by atoms with Crippen LogP contribution < -0.4 is 10.6 Å². The van der Waals surface area contributed by atoms with Crippen molar-refractivity contribution in [2.24, 2.45) is 23.2 Å². The molecule has 1 saturated heterocycles. The SMILES string of the molecule is CC(=O)NC1CC(=O)C23C(=O)NC(Cc4c[nH]c5ccccc45)C2C(C)=C(C)C(O)C3C=CCC(C)C=C(C)C(O)C1O. The number of aromatic nitrogens is 1. The van der Waals surface area contributed by atoms with E-state index < -0.39 is 71.7 Å². The Labute approximate surface area is 252 Å². The molecule has 0 radical (unpaired) electrons.